The summed E-state index contributed by atoms with van der Waals surface area (Å²) in [6.07, 6.45) is 6.68. The van der Waals surface area contributed by atoms with Gasteiger partial charge in [-0.1, -0.05) is 0 Å². The molecule has 7 heteroatoms. The molecule has 0 aromatic rings. The van der Waals surface area contributed by atoms with Crippen molar-refractivity contribution >= 4 is 10.0 Å². The third-order valence-electron chi connectivity index (χ3n) is 5.83. The standard InChI is InChI=1S/C16H30N2O4S/c1-23(19,20)17-15-13-22-11-6-16(15)4-7-18(8-5-16)12-14-2-9-21-10-3-14/h14-15,17H,2-13H2,1H3/t15-/m0/s1. The van der Waals surface area contributed by atoms with E-state index >= 15 is 0 Å². The Morgan fingerprint density at radius 2 is 1.78 bits per heavy atom. The summed E-state index contributed by atoms with van der Waals surface area (Å²) in [5.74, 6) is 0.762. The molecule has 0 saturated carbocycles. The molecule has 0 amide bonds. The summed E-state index contributed by atoms with van der Waals surface area (Å²) in [6.45, 7) is 6.37. The van der Waals surface area contributed by atoms with E-state index in [4.69, 9.17) is 9.47 Å². The van der Waals surface area contributed by atoms with Gasteiger partial charge in [0.25, 0.3) is 0 Å². The van der Waals surface area contributed by atoms with Crippen molar-refractivity contribution in [1.82, 2.24) is 9.62 Å². The lowest BCUT2D eigenvalue weighted by molar-refractivity contribution is -0.0475. The number of piperidine rings is 1. The molecule has 6 nitrogen and oxygen atoms in total. The van der Waals surface area contributed by atoms with Gasteiger partial charge >= 0.3 is 0 Å². The molecule has 3 aliphatic rings. The molecule has 3 fully saturated rings. The first-order valence-corrected chi connectivity index (χ1v) is 10.7. The van der Waals surface area contributed by atoms with Crippen LogP contribution in [-0.2, 0) is 19.5 Å². The smallest absolute Gasteiger partial charge is 0.209 e. The number of ether oxygens (including phenoxy) is 2. The maximum Gasteiger partial charge on any atom is 0.209 e. The zero-order chi connectivity index (χ0) is 16.3. The van der Waals surface area contributed by atoms with E-state index in [9.17, 15) is 8.42 Å². The lowest BCUT2D eigenvalue weighted by Gasteiger charge is -2.49. The van der Waals surface area contributed by atoms with Crippen LogP contribution in [0.4, 0.5) is 0 Å². The van der Waals surface area contributed by atoms with E-state index < -0.39 is 10.0 Å². The van der Waals surface area contributed by atoms with Crippen molar-refractivity contribution in [3.63, 3.8) is 0 Å². The van der Waals surface area contributed by atoms with Gasteiger partial charge in [0.2, 0.25) is 10.0 Å². The minimum Gasteiger partial charge on any atom is -0.381 e. The Kier molecular flexibility index (Phi) is 5.63. The number of sulfonamides is 1. The van der Waals surface area contributed by atoms with Crippen LogP contribution >= 0.6 is 0 Å². The first-order valence-electron chi connectivity index (χ1n) is 8.82. The van der Waals surface area contributed by atoms with Gasteiger partial charge in [0.1, 0.15) is 0 Å². The highest BCUT2D eigenvalue weighted by Gasteiger charge is 2.44. The monoisotopic (exact) mass is 346 g/mol. The van der Waals surface area contributed by atoms with Gasteiger partial charge in [-0.2, -0.15) is 0 Å². The number of hydrogen-bond acceptors (Lipinski definition) is 5. The predicted molar refractivity (Wildman–Crippen MR) is 88.9 cm³/mol. The highest BCUT2D eigenvalue weighted by molar-refractivity contribution is 7.88. The van der Waals surface area contributed by atoms with Gasteiger partial charge in [-0.3, -0.25) is 0 Å². The topological polar surface area (TPSA) is 67.9 Å². The van der Waals surface area contributed by atoms with Gasteiger partial charge in [-0.15, -0.1) is 0 Å². The van der Waals surface area contributed by atoms with Crippen molar-refractivity contribution in [3.05, 3.63) is 0 Å². The molecule has 23 heavy (non-hydrogen) atoms. The van der Waals surface area contributed by atoms with Crippen LogP contribution in [0.25, 0.3) is 0 Å². The van der Waals surface area contributed by atoms with Crippen LogP contribution in [0.1, 0.15) is 32.1 Å². The van der Waals surface area contributed by atoms with Gasteiger partial charge in [-0.05, 0) is 56.5 Å². The molecule has 134 valence electrons. The quantitative estimate of drug-likeness (QED) is 0.817. The van der Waals surface area contributed by atoms with Crippen molar-refractivity contribution in [1.29, 1.82) is 0 Å². The molecule has 3 heterocycles. The lowest BCUT2D eigenvalue weighted by atomic mass is 9.69. The molecular weight excluding hydrogens is 316 g/mol. The van der Waals surface area contributed by atoms with Crippen LogP contribution in [0.15, 0.2) is 0 Å². The first kappa shape index (κ1) is 17.6. The molecule has 3 saturated heterocycles. The fourth-order valence-electron chi connectivity index (χ4n) is 4.32. The van der Waals surface area contributed by atoms with Crippen LogP contribution in [-0.4, -0.2) is 71.7 Å². The first-order chi connectivity index (χ1) is 11.0. The maximum absolute atomic E-state index is 11.7. The normalized spacial score (nSPS) is 30.6. The number of likely N-dealkylation sites (tertiary alicyclic amines) is 1. The molecule has 3 rings (SSSR count). The van der Waals surface area contributed by atoms with Crippen LogP contribution < -0.4 is 4.72 Å². The predicted octanol–water partition coefficient (Wildman–Crippen LogP) is 0.833. The number of hydrogen-bond donors (Lipinski definition) is 1. The van der Waals surface area contributed by atoms with Crippen molar-refractivity contribution in [2.75, 3.05) is 52.3 Å². The highest BCUT2D eigenvalue weighted by Crippen LogP contribution is 2.41. The van der Waals surface area contributed by atoms with E-state index in [-0.39, 0.29) is 11.5 Å². The molecule has 0 aromatic carbocycles. The van der Waals surface area contributed by atoms with E-state index in [1.54, 1.807) is 0 Å². The van der Waals surface area contributed by atoms with Crippen molar-refractivity contribution in [2.24, 2.45) is 11.3 Å². The number of rotatable bonds is 4. The van der Waals surface area contributed by atoms with Gasteiger partial charge in [0, 0.05) is 26.4 Å². The van der Waals surface area contributed by atoms with E-state index in [2.05, 4.69) is 9.62 Å². The summed E-state index contributed by atoms with van der Waals surface area (Å²) in [5.41, 5.74) is 0.0769. The molecule has 3 aliphatic heterocycles. The van der Waals surface area contributed by atoms with Crippen LogP contribution in [0.2, 0.25) is 0 Å². The number of nitrogens with zero attached hydrogens (tertiary/aromatic N) is 1. The summed E-state index contributed by atoms with van der Waals surface area (Å²) >= 11 is 0. The van der Waals surface area contributed by atoms with Crippen LogP contribution in [0.3, 0.4) is 0 Å². The Balaban J connectivity index is 1.56. The second-order valence-electron chi connectivity index (χ2n) is 7.49. The highest BCUT2D eigenvalue weighted by atomic mass is 32.2. The van der Waals surface area contributed by atoms with E-state index in [0.29, 0.717) is 6.61 Å². The van der Waals surface area contributed by atoms with Crippen LogP contribution in [0, 0.1) is 11.3 Å². The largest absolute Gasteiger partial charge is 0.381 e. The molecule has 0 radical (unpaired) electrons. The average Bonchev–Trinajstić information content (AvgIpc) is 2.52. The summed E-state index contributed by atoms with van der Waals surface area (Å²) < 4.78 is 37.1. The molecule has 0 unspecified atom stereocenters. The van der Waals surface area contributed by atoms with Gasteiger partial charge < -0.3 is 14.4 Å². The second-order valence-corrected chi connectivity index (χ2v) is 9.27. The fraction of sp³-hybridized carbons (Fsp3) is 1.00. The SMILES string of the molecule is CS(=O)(=O)N[C@H]1COCCC12CCN(CC1CCOCC1)CC2. The van der Waals surface area contributed by atoms with Gasteiger partial charge in [-0.25, -0.2) is 13.1 Å². The second kappa shape index (κ2) is 7.35. The third-order valence-corrected chi connectivity index (χ3v) is 6.55. The Labute approximate surface area is 139 Å². The lowest BCUT2D eigenvalue weighted by Crippen LogP contribution is -2.57. The van der Waals surface area contributed by atoms with Crippen molar-refractivity contribution in [3.8, 4) is 0 Å². The molecular formula is C16H30N2O4S. The summed E-state index contributed by atoms with van der Waals surface area (Å²) in [5, 5.41) is 0. The summed E-state index contributed by atoms with van der Waals surface area (Å²) in [4.78, 5) is 2.56. The minimum absolute atomic E-state index is 0.0727. The Bertz CT molecular complexity index is 482. The van der Waals surface area contributed by atoms with Crippen molar-refractivity contribution < 1.29 is 17.9 Å². The third kappa shape index (κ3) is 4.66. The minimum atomic E-state index is -3.19. The zero-order valence-electron chi connectivity index (χ0n) is 14.1. The van der Waals surface area contributed by atoms with E-state index in [1.165, 1.54) is 25.6 Å². The van der Waals surface area contributed by atoms with Crippen LogP contribution in [0.5, 0.6) is 0 Å². The molecule has 0 aromatic heterocycles. The molecule has 1 spiro atoms. The maximum atomic E-state index is 11.7. The van der Waals surface area contributed by atoms with Gasteiger partial charge in [0.15, 0.2) is 0 Å². The Morgan fingerprint density at radius 3 is 2.43 bits per heavy atom. The molecule has 0 aliphatic carbocycles. The Morgan fingerprint density at radius 1 is 1.09 bits per heavy atom. The summed E-state index contributed by atoms with van der Waals surface area (Å²) in [7, 11) is -3.19. The summed E-state index contributed by atoms with van der Waals surface area (Å²) in [6, 6.07) is -0.0727. The average molecular weight is 346 g/mol. The zero-order valence-corrected chi connectivity index (χ0v) is 14.9. The fourth-order valence-corrected chi connectivity index (χ4v) is 5.15. The molecule has 0 bridgehead atoms. The molecule has 1 atom stereocenters. The van der Waals surface area contributed by atoms with Gasteiger partial charge in [0.05, 0.1) is 18.9 Å². The number of nitrogens with one attached hydrogen (secondary N) is 1. The van der Waals surface area contributed by atoms with E-state index in [1.807, 2.05) is 0 Å². The Hall–Kier alpha value is -0.210. The van der Waals surface area contributed by atoms with E-state index in [0.717, 1.165) is 58.1 Å². The molecule has 1 N–H and O–H groups in total. The van der Waals surface area contributed by atoms with Crippen molar-refractivity contribution in [2.45, 2.75) is 38.1 Å².